The first-order valence-corrected chi connectivity index (χ1v) is 6.85. The van der Waals surface area contributed by atoms with E-state index in [9.17, 15) is 14.0 Å². The Morgan fingerprint density at radius 2 is 2.05 bits per heavy atom. The number of hydrogen-bond acceptors (Lipinski definition) is 4. The summed E-state index contributed by atoms with van der Waals surface area (Å²) >= 11 is 0. The minimum Gasteiger partial charge on any atom is -0.444 e. The Labute approximate surface area is 124 Å². The Kier molecular flexibility index (Phi) is 5.81. The van der Waals surface area contributed by atoms with Gasteiger partial charge < -0.3 is 9.64 Å². The monoisotopic (exact) mass is 296 g/mol. The smallest absolute Gasteiger partial charge is 0.410 e. The molecule has 6 heteroatoms. The van der Waals surface area contributed by atoms with Gasteiger partial charge in [-0.3, -0.25) is 9.78 Å². The number of hydrogen-bond donors (Lipinski definition) is 0. The number of aromatic nitrogens is 1. The maximum Gasteiger partial charge on any atom is 0.410 e. The van der Waals surface area contributed by atoms with Crippen LogP contribution >= 0.6 is 0 Å². The molecule has 21 heavy (non-hydrogen) atoms. The lowest BCUT2D eigenvalue weighted by Crippen LogP contribution is -2.40. The standard InChI is InChI=1S/C15H21FN2O3/c1-5-8-18(14(20)21-15(2,3)4)10-13(19)11-6-7-17-9-12(11)16/h6-7,9H,5,8,10H2,1-4H3. The fourth-order valence-corrected chi connectivity index (χ4v) is 1.69. The Morgan fingerprint density at radius 1 is 1.38 bits per heavy atom. The van der Waals surface area contributed by atoms with Gasteiger partial charge in [-0.1, -0.05) is 6.92 Å². The first-order valence-electron chi connectivity index (χ1n) is 6.85. The van der Waals surface area contributed by atoms with E-state index in [1.54, 1.807) is 20.8 Å². The van der Waals surface area contributed by atoms with Crippen LogP contribution in [0.3, 0.4) is 0 Å². The van der Waals surface area contributed by atoms with Crippen LogP contribution in [0.4, 0.5) is 9.18 Å². The fraction of sp³-hybridized carbons (Fsp3) is 0.533. The molecule has 5 nitrogen and oxygen atoms in total. The average molecular weight is 296 g/mol. The van der Waals surface area contributed by atoms with E-state index in [0.29, 0.717) is 13.0 Å². The van der Waals surface area contributed by atoms with Gasteiger partial charge in [-0.2, -0.15) is 0 Å². The molecule has 116 valence electrons. The van der Waals surface area contributed by atoms with E-state index < -0.39 is 23.3 Å². The van der Waals surface area contributed by atoms with Crippen LogP contribution < -0.4 is 0 Å². The van der Waals surface area contributed by atoms with Gasteiger partial charge in [0.25, 0.3) is 0 Å². The number of halogens is 1. The number of amides is 1. The molecule has 1 aromatic rings. The van der Waals surface area contributed by atoms with Crippen molar-refractivity contribution in [3.05, 3.63) is 29.8 Å². The lowest BCUT2D eigenvalue weighted by atomic mass is 10.1. The summed E-state index contributed by atoms with van der Waals surface area (Å²) in [5, 5.41) is 0. The number of pyridine rings is 1. The number of carbonyl (C=O) groups excluding carboxylic acids is 2. The molecule has 1 rings (SSSR count). The van der Waals surface area contributed by atoms with Gasteiger partial charge >= 0.3 is 6.09 Å². The van der Waals surface area contributed by atoms with Crippen LogP contribution in [0.5, 0.6) is 0 Å². The first kappa shape index (κ1) is 17.1. The predicted molar refractivity (Wildman–Crippen MR) is 76.6 cm³/mol. The molecule has 0 radical (unpaired) electrons. The van der Waals surface area contributed by atoms with E-state index in [2.05, 4.69) is 4.98 Å². The van der Waals surface area contributed by atoms with Crippen molar-refractivity contribution in [1.29, 1.82) is 0 Å². The fourth-order valence-electron chi connectivity index (χ4n) is 1.69. The topological polar surface area (TPSA) is 59.5 Å². The lowest BCUT2D eigenvalue weighted by Gasteiger charge is -2.26. The second-order valence-electron chi connectivity index (χ2n) is 5.68. The second kappa shape index (κ2) is 7.15. The molecule has 1 heterocycles. The number of nitrogens with zero attached hydrogens (tertiary/aromatic N) is 2. The molecule has 0 aliphatic heterocycles. The van der Waals surface area contributed by atoms with Crippen LogP contribution in [-0.4, -0.2) is 40.5 Å². The Balaban J connectivity index is 2.81. The van der Waals surface area contributed by atoms with E-state index >= 15 is 0 Å². The van der Waals surface area contributed by atoms with Gasteiger partial charge in [0.05, 0.1) is 18.3 Å². The summed E-state index contributed by atoms with van der Waals surface area (Å²) in [7, 11) is 0. The molecule has 0 bridgehead atoms. The van der Waals surface area contributed by atoms with Crippen molar-refractivity contribution in [1.82, 2.24) is 9.88 Å². The summed E-state index contributed by atoms with van der Waals surface area (Å²) in [6, 6.07) is 1.30. The number of Topliss-reactive ketones (excluding diaryl/α,β-unsaturated/α-hetero) is 1. The third-order valence-electron chi connectivity index (χ3n) is 2.55. The summed E-state index contributed by atoms with van der Waals surface area (Å²) < 4.78 is 18.8. The third kappa shape index (κ3) is 5.49. The molecule has 0 aliphatic rings. The highest BCUT2D eigenvalue weighted by molar-refractivity contribution is 5.99. The van der Waals surface area contributed by atoms with E-state index in [1.165, 1.54) is 17.2 Å². The normalized spacial score (nSPS) is 11.1. The number of rotatable bonds is 5. The van der Waals surface area contributed by atoms with Crippen molar-refractivity contribution < 1.29 is 18.7 Å². The molecule has 0 spiro atoms. The largest absolute Gasteiger partial charge is 0.444 e. The van der Waals surface area contributed by atoms with Crippen LogP contribution in [0, 0.1) is 5.82 Å². The molecule has 0 saturated carbocycles. The highest BCUT2D eigenvalue weighted by atomic mass is 19.1. The summed E-state index contributed by atoms with van der Waals surface area (Å²) in [5.74, 6) is -1.17. The molecule has 0 aliphatic carbocycles. The summed E-state index contributed by atoms with van der Waals surface area (Å²) in [6.07, 6.45) is 2.41. The lowest BCUT2D eigenvalue weighted by molar-refractivity contribution is 0.0247. The zero-order valence-corrected chi connectivity index (χ0v) is 12.9. The Morgan fingerprint density at radius 3 is 2.57 bits per heavy atom. The highest BCUT2D eigenvalue weighted by Gasteiger charge is 2.24. The molecule has 0 fully saturated rings. The molecular formula is C15H21FN2O3. The van der Waals surface area contributed by atoms with Crippen molar-refractivity contribution in [3.8, 4) is 0 Å². The quantitative estimate of drug-likeness (QED) is 0.784. The third-order valence-corrected chi connectivity index (χ3v) is 2.55. The number of ether oxygens (including phenoxy) is 1. The predicted octanol–water partition coefficient (Wildman–Crippen LogP) is 3.05. The summed E-state index contributed by atoms with van der Waals surface area (Å²) in [4.78, 5) is 29.0. The minimum absolute atomic E-state index is 0.0744. The van der Waals surface area contributed by atoms with Gasteiger partial charge in [-0.05, 0) is 33.3 Å². The summed E-state index contributed by atoms with van der Waals surface area (Å²) in [6.45, 7) is 7.28. The number of carbonyl (C=O) groups is 2. The molecule has 0 aromatic carbocycles. The molecule has 0 N–H and O–H groups in total. The molecule has 0 unspecified atom stereocenters. The van der Waals surface area contributed by atoms with Crippen LogP contribution in [0.25, 0.3) is 0 Å². The second-order valence-corrected chi connectivity index (χ2v) is 5.68. The van der Waals surface area contributed by atoms with E-state index in [0.717, 1.165) is 6.20 Å². The molecule has 1 aromatic heterocycles. The van der Waals surface area contributed by atoms with Crippen LogP contribution in [-0.2, 0) is 4.74 Å². The average Bonchev–Trinajstić information content (AvgIpc) is 2.36. The first-order chi connectivity index (χ1) is 9.74. The molecule has 0 atom stereocenters. The van der Waals surface area contributed by atoms with Crippen molar-refractivity contribution in [2.24, 2.45) is 0 Å². The summed E-state index contributed by atoms with van der Waals surface area (Å²) in [5.41, 5.74) is -0.719. The van der Waals surface area contributed by atoms with Crippen molar-refractivity contribution in [2.45, 2.75) is 39.7 Å². The van der Waals surface area contributed by atoms with E-state index in [1.807, 2.05) is 6.92 Å². The minimum atomic E-state index is -0.692. The van der Waals surface area contributed by atoms with Gasteiger partial charge in [0, 0.05) is 12.7 Å². The molecular weight excluding hydrogens is 275 g/mol. The van der Waals surface area contributed by atoms with Crippen molar-refractivity contribution >= 4 is 11.9 Å². The van der Waals surface area contributed by atoms with Gasteiger partial charge in [-0.25, -0.2) is 9.18 Å². The zero-order chi connectivity index (χ0) is 16.0. The Hall–Kier alpha value is -1.98. The van der Waals surface area contributed by atoms with Crippen LogP contribution in [0.2, 0.25) is 0 Å². The van der Waals surface area contributed by atoms with Gasteiger partial charge in [0.1, 0.15) is 5.60 Å². The maximum absolute atomic E-state index is 13.5. The van der Waals surface area contributed by atoms with Crippen LogP contribution in [0.15, 0.2) is 18.5 Å². The SMILES string of the molecule is CCCN(CC(=O)c1ccncc1F)C(=O)OC(C)(C)C. The van der Waals surface area contributed by atoms with Gasteiger partial charge in [0.2, 0.25) is 0 Å². The van der Waals surface area contributed by atoms with Crippen LogP contribution in [0.1, 0.15) is 44.5 Å². The molecule has 0 saturated heterocycles. The van der Waals surface area contributed by atoms with Gasteiger partial charge in [-0.15, -0.1) is 0 Å². The van der Waals surface area contributed by atoms with Gasteiger partial charge in [0.15, 0.2) is 11.6 Å². The van der Waals surface area contributed by atoms with E-state index in [-0.39, 0.29) is 12.1 Å². The molecule has 1 amide bonds. The maximum atomic E-state index is 13.5. The number of ketones is 1. The Bertz CT molecular complexity index is 512. The van der Waals surface area contributed by atoms with Crippen molar-refractivity contribution in [3.63, 3.8) is 0 Å². The zero-order valence-electron chi connectivity index (χ0n) is 12.9. The highest BCUT2D eigenvalue weighted by Crippen LogP contribution is 2.12. The van der Waals surface area contributed by atoms with Crippen molar-refractivity contribution in [2.75, 3.05) is 13.1 Å². The van der Waals surface area contributed by atoms with E-state index in [4.69, 9.17) is 4.74 Å².